The van der Waals surface area contributed by atoms with Crippen LogP contribution in [0.2, 0.25) is 0 Å². The van der Waals surface area contributed by atoms with Gasteiger partial charge in [-0.2, -0.15) is 5.10 Å². The SMILES string of the molecule is COc1ccc(C2=NN3C(C2)c2cc(OC)ccc2OC3c2ccc(OC)c(OC)c2)cc1. The Labute approximate surface area is 193 Å². The van der Waals surface area contributed by atoms with Gasteiger partial charge < -0.3 is 23.7 Å². The molecule has 0 amide bonds. The van der Waals surface area contributed by atoms with Crippen LogP contribution in [-0.2, 0) is 0 Å². The van der Waals surface area contributed by atoms with Crippen LogP contribution in [0.15, 0.2) is 65.8 Å². The number of nitrogens with zero attached hydrogens (tertiary/aromatic N) is 2. The Morgan fingerprint density at radius 1 is 0.788 bits per heavy atom. The lowest BCUT2D eigenvalue weighted by Crippen LogP contribution is -2.33. The van der Waals surface area contributed by atoms with Gasteiger partial charge >= 0.3 is 0 Å². The summed E-state index contributed by atoms with van der Waals surface area (Å²) in [5.41, 5.74) is 4.03. The highest BCUT2D eigenvalue weighted by Crippen LogP contribution is 2.49. The van der Waals surface area contributed by atoms with Crippen molar-refractivity contribution in [3.63, 3.8) is 0 Å². The van der Waals surface area contributed by atoms with Crippen LogP contribution in [0.3, 0.4) is 0 Å². The van der Waals surface area contributed by atoms with E-state index in [-0.39, 0.29) is 6.04 Å². The van der Waals surface area contributed by atoms with Crippen molar-refractivity contribution in [2.24, 2.45) is 5.10 Å². The van der Waals surface area contributed by atoms with Gasteiger partial charge in [-0.15, -0.1) is 0 Å². The minimum atomic E-state index is -0.411. The molecule has 7 nitrogen and oxygen atoms in total. The van der Waals surface area contributed by atoms with Crippen LogP contribution in [0.5, 0.6) is 28.7 Å². The van der Waals surface area contributed by atoms with E-state index < -0.39 is 6.23 Å². The fourth-order valence-electron chi connectivity index (χ4n) is 4.38. The van der Waals surface area contributed by atoms with E-state index in [1.54, 1.807) is 28.4 Å². The first-order valence-corrected chi connectivity index (χ1v) is 10.7. The zero-order valence-corrected chi connectivity index (χ0v) is 19.1. The maximum Gasteiger partial charge on any atom is 0.214 e. The predicted octanol–water partition coefficient (Wildman–Crippen LogP) is 4.96. The highest BCUT2D eigenvalue weighted by molar-refractivity contribution is 6.02. The minimum absolute atomic E-state index is 0.0130. The Morgan fingerprint density at radius 2 is 1.52 bits per heavy atom. The van der Waals surface area contributed by atoms with Crippen molar-refractivity contribution in [2.45, 2.75) is 18.7 Å². The number of hydrazone groups is 1. The molecule has 7 heteroatoms. The van der Waals surface area contributed by atoms with Crippen molar-refractivity contribution >= 4 is 5.71 Å². The molecule has 0 N–H and O–H groups in total. The summed E-state index contributed by atoms with van der Waals surface area (Å²) in [6.45, 7) is 0. The summed E-state index contributed by atoms with van der Waals surface area (Å²) in [7, 11) is 6.59. The molecule has 33 heavy (non-hydrogen) atoms. The Balaban J connectivity index is 1.58. The van der Waals surface area contributed by atoms with Crippen molar-refractivity contribution in [2.75, 3.05) is 28.4 Å². The van der Waals surface area contributed by atoms with Gasteiger partial charge in [-0.1, -0.05) is 0 Å². The van der Waals surface area contributed by atoms with Crippen LogP contribution in [0.1, 0.15) is 35.4 Å². The second-order valence-corrected chi connectivity index (χ2v) is 7.86. The van der Waals surface area contributed by atoms with Crippen LogP contribution >= 0.6 is 0 Å². The molecule has 3 aromatic carbocycles. The topological polar surface area (TPSA) is 61.8 Å². The maximum atomic E-state index is 6.47. The molecule has 2 aliphatic heterocycles. The van der Waals surface area contributed by atoms with E-state index in [0.717, 1.165) is 46.1 Å². The highest BCUT2D eigenvalue weighted by Gasteiger charge is 2.41. The number of rotatable bonds is 6. The number of methoxy groups -OCH3 is 4. The Morgan fingerprint density at radius 3 is 2.21 bits per heavy atom. The van der Waals surface area contributed by atoms with Gasteiger partial charge in [-0.3, -0.25) is 0 Å². The molecule has 0 fully saturated rings. The van der Waals surface area contributed by atoms with Crippen molar-refractivity contribution in [1.82, 2.24) is 5.01 Å². The molecule has 3 aromatic rings. The lowest BCUT2D eigenvalue weighted by molar-refractivity contribution is -0.0193. The Bertz CT molecular complexity index is 1190. The Kier molecular flexibility index (Phi) is 5.46. The molecule has 0 saturated heterocycles. The average Bonchev–Trinajstić information content (AvgIpc) is 3.33. The van der Waals surface area contributed by atoms with Gasteiger partial charge in [-0.05, 0) is 66.2 Å². The lowest BCUT2D eigenvalue weighted by Gasteiger charge is -2.38. The summed E-state index contributed by atoms with van der Waals surface area (Å²) in [6.07, 6.45) is 0.339. The molecular weight excluding hydrogens is 420 g/mol. The first-order chi connectivity index (χ1) is 16.1. The van der Waals surface area contributed by atoms with E-state index >= 15 is 0 Å². The second-order valence-electron chi connectivity index (χ2n) is 7.86. The third-order valence-electron chi connectivity index (χ3n) is 6.11. The largest absolute Gasteiger partial charge is 0.497 e. The van der Waals surface area contributed by atoms with Crippen molar-refractivity contribution in [1.29, 1.82) is 0 Å². The summed E-state index contributed by atoms with van der Waals surface area (Å²) in [6, 6.07) is 19.7. The summed E-state index contributed by atoms with van der Waals surface area (Å²) >= 11 is 0. The second kappa shape index (κ2) is 8.58. The molecule has 0 spiro atoms. The Hall–Kier alpha value is -3.87. The quantitative estimate of drug-likeness (QED) is 0.533. The smallest absolute Gasteiger partial charge is 0.214 e. The van der Waals surface area contributed by atoms with Crippen LogP contribution in [0.25, 0.3) is 0 Å². The molecule has 0 saturated carbocycles. The van der Waals surface area contributed by atoms with Gasteiger partial charge in [0.1, 0.15) is 17.2 Å². The average molecular weight is 447 g/mol. The van der Waals surface area contributed by atoms with Crippen LogP contribution in [0, 0.1) is 0 Å². The predicted molar refractivity (Wildman–Crippen MR) is 125 cm³/mol. The number of hydrogen-bond acceptors (Lipinski definition) is 7. The summed E-state index contributed by atoms with van der Waals surface area (Å²) in [5, 5.41) is 7.05. The number of ether oxygens (including phenoxy) is 5. The van der Waals surface area contributed by atoms with E-state index in [1.165, 1.54) is 0 Å². The van der Waals surface area contributed by atoms with E-state index in [9.17, 15) is 0 Å². The number of fused-ring (bicyclic) bond motifs is 3. The minimum Gasteiger partial charge on any atom is -0.497 e. The van der Waals surface area contributed by atoms with Gasteiger partial charge in [0, 0.05) is 17.5 Å². The van der Waals surface area contributed by atoms with Gasteiger partial charge in [0.2, 0.25) is 6.23 Å². The van der Waals surface area contributed by atoms with Gasteiger partial charge in [0.05, 0.1) is 40.2 Å². The van der Waals surface area contributed by atoms with Crippen LogP contribution < -0.4 is 23.7 Å². The first-order valence-electron chi connectivity index (χ1n) is 10.7. The first kappa shape index (κ1) is 21.0. The molecule has 170 valence electrons. The summed E-state index contributed by atoms with van der Waals surface area (Å²) < 4.78 is 28.2. The molecule has 2 atom stereocenters. The summed E-state index contributed by atoms with van der Waals surface area (Å²) in [5.74, 6) is 3.75. The van der Waals surface area contributed by atoms with Gasteiger partial charge in [0.25, 0.3) is 0 Å². The van der Waals surface area contributed by atoms with E-state index in [2.05, 4.69) is 0 Å². The standard InChI is InChI=1S/C26H26N2O5/c1-29-18-8-5-16(6-9-18)21-15-22-20-14-19(30-2)10-12-23(20)33-26(28(22)27-21)17-7-11-24(31-3)25(13-17)32-4/h5-14,22,26H,15H2,1-4H3. The molecule has 2 heterocycles. The molecule has 0 aromatic heterocycles. The maximum absolute atomic E-state index is 6.47. The van der Waals surface area contributed by atoms with Crippen molar-refractivity contribution < 1.29 is 23.7 Å². The number of hydrogen-bond donors (Lipinski definition) is 0. The molecular formula is C26H26N2O5. The fraction of sp³-hybridized carbons (Fsp3) is 0.269. The third-order valence-corrected chi connectivity index (χ3v) is 6.11. The van der Waals surface area contributed by atoms with Gasteiger partial charge in [-0.25, -0.2) is 5.01 Å². The van der Waals surface area contributed by atoms with Crippen molar-refractivity contribution in [3.8, 4) is 28.7 Å². The number of benzene rings is 3. The molecule has 2 unspecified atom stereocenters. The monoisotopic (exact) mass is 446 g/mol. The van der Waals surface area contributed by atoms with E-state index in [0.29, 0.717) is 11.5 Å². The van der Waals surface area contributed by atoms with E-state index in [1.807, 2.05) is 65.7 Å². The molecule has 0 bridgehead atoms. The van der Waals surface area contributed by atoms with Crippen LogP contribution in [0.4, 0.5) is 0 Å². The molecule has 2 aliphatic rings. The lowest BCUT2D eigenvalue weighted by atomic mass is 9.95. The molecule has 0 radical (unpaired) electrons. The fourth-order valence-corrected chi connectivity index (χ4v) is 4.38. The van der Waals surface area contributed by atoms with E-state index in [4.69, 9.17) is 28.8 Å². The highest BCUT2D eigenvalue weighted by atomic mass is 16.5. The third kappa shape index (κ3) is 3.69. The normalized spacial score (nSPS) is 18.5. The summed E-state index contributed by atoms with van der Waals surface area (Å²) in [4.78, 5) is 0. The zero-order valence-electron chi connectivity index (χ0n) is 19.1. The van der Waals surface area contributed by atoms with Gasteiger partial charge in [0.15, 0.2) is 11.5 Å². The molecule has 0 aliphatic carbocycles. The van der Waals surface area contributed by atoms with Crippen molar-refractivity contribution in [3.05, 3.63) is 77.4 Å². The zero-order chi connectivity index (χ0) is 22.9. The van der Waals surface area contributed by atoms with Crippen LogP contribution in [-0.4, -0.2) is 39.2 Å². The molecule has 5 rings (SSSR count).